The standard InChI is InChI=1S/C12H12ClN3O5/c1-12(11(18)19)3-2-4-15(12)10(17)7-5-9(13)14-6-8(7)16(20)21/h5-6H,2-4H2,1H3,(H,18,19). The number of amides is 1. The molecule has 1 aliphatic heterocycles. The van der Waals surface area contributed by atoms with Crippen LogP contribution in [0.1, 0.15) is 30.1 Å². The second-order valence-electron chi connectivity index (χ2n) is 4.92. The number of aliphatic carboxylic acids is 1. The summed E-state index contributed by atoms with van der Waals surface area (Å²) in [6, 6.07) is 1.09. The molecule has 1 unspecified atom stereocenters. The van der Waals surface area contributed by atoms with Crippen LogP contribution in [0.5, 0.6) is 0 Å². The van der Waals surface area contributed by atoms with Gasteiger partial charge in [-0.2, -0.15) is 0 Å². The number of carbonyl (C=O) groups is 2. The summed E-state index contributed by atoms with van der Waals surface area (Å²) in [7, 11) is 0. The minimum absolute atomic E-state index is 0.0693. The molecule has 1 amide bonds. The van der Waals surface area contributed by atoms with Crippen molar-refractivity contribution in [3.05, 3.63) is 33.1 Å². The van der Waals surface area contributed by atoms with Crippen molar-refractivity contribution in [1.29, 1.82) is 0 Å². The topological polar surface area (TPSA) is 114 Å². The van der Waals surface area contributed by atoms with Crippen LogP contribution in [0.2, 0.25) is 5.15 Å². The second-order valence-corrected chi connectivity index (χ2v) is 5.31. The van der Waals surface area contributed by atoms with Gasteiger partial charge in [-0.1, -0.05) is 11.6 Å². The molecule has 0 aromatic carbocycles. The van der Waals surface area contributed by atoms with E-state index in [4.69, 9.17) is 11.6 Å². The number of carbonyl (C=O) groups excluding carboxylic acids is 1. The van der Waals surface area contributed by atoms with Gasteiger partial charge in [-0.15, -0.1) is 0 Å². The maximum atomic E-state index is 12.5. The molecule has 112 valence electrons. The van der Waals surface area contributed by atoms with Gasteiger partial charge in [0.2, 0.25) is 0 Å². The van der Waals surface area contributed by atoms with E-state index in [1.165, 1.54) is 6.92 Å². The fourth-order valence-corrected chi connectivity index (χ4v) is 2.55. The summed E-state index contributed by atoms with van der Waals surface area (Å²) in [4.78, 5) is 38.9. The fraction of sp³-hybridized carbons (Fsp3) is 0.417. The minimum atomic E-state index is -1.37. The summed E-state index contributed by atoms with van der Waals surface area (Å²) in [6.45, 7) is 1.65. The first-order chi connectivity index (χ1) is 9.77. The van der Waals surface area contributed by atoms with Gasteiger partial charge in [-0.25, -0.2) is 9.78 Å². The Morgan fingerprint density at radius 1 is 1.57 bits per heavy atom. The molecule has 1 atom stereocenters. The molecule has 1 fully saturated rings. The predicted molar refractivity (Wildman–Crippen MR) is 72.2 cm³/mol. The minimum Gasteiger partial charge on any atom is -0.480 e. The third-order valence-corrected chi connectivity index (χ3v) is 3.83. The molecule has 1 aromatic rings. The zero-order valence-corrected chi connectivity index (χ0v) is 11.8. The van der Waals surface area contributed by atoms with Crippen LogP contribution in [-0.4, -0.2) is 43.9 Å². The molecular weight excluding hydrogens is 302 g/mol. The molecular formula is C12H12ClN3O5. The van der Waals surface area contributed by atoms with Crippen LogP contribution in [-0.2, 0) is 4.79 Å². The number of pyridine rings is 1. The summed E-state index contributed by atoms with van der Waals surface area (Å²) < 4.78 is 0. The smallest absolute Gasteiger partial charge is 0.329 e. The van der Waals surface area contributed by atoms with Crippen LogP contribution in [0.15, 0.2) is 12.3 Å². The van der Waals surface area contributed by atoms with Gasteiger partial charge in [-0.05, 0) is 25.8 Å². The zero-order chi connectivity index (χ0) is 15.8. The normalized spacial score (nSPS) is 21.3. The molecule has 1 aliphatic rings. The molecule has 21 heavy (non-hydrogen) atoms. The van der Waals surface area contributed by atoms with Crippen molar-refractivity contribution in [2.24, 2.45) is 0 Å². The second kappa shape index (κ2) is 5.28. The number of hydrogen-bond donors (Lipinski definition) is 1. The number of rotatable bonds is 3. The number of likely N-dealkylation sites (tertiary alicyclic amines) is 1. The molecule has 0 bridgehead atoms. The maximum absolute atomic E-state index is 12.5. The van der Waals surface area contributed by atoms with E-state index in [0.29, 0.717) is 12.8 Å². The molecule has 0 saturated carbocycles. The quantitative estimate of drug-likeness (QED) is 0.516. The Labute approximate surface area is 124 Å². The molecule has 1 N–H and O–H groups in total. The number of hydrogen-bond acceptors (Lipinski definition) is 5. The number of nitrogens with zero attached hydrogens (tertiary/aromatic N) is 3. The Kier molecular flexibility index (Phi) is 3.82. The lowest BCUT2D eigenvalue weighted by atomic mass is 9.98. The Hall–Kier alpha value is -2.22. The highest BCUT2D eigenvalue weighted by Gasteiger charge is 2.47. The Morgan fingerprint density at radius 2 is 2.24 bits per heavy atom. The van der Waals surface area contributed by atoms with Crippen molar-refractivity contribution in [3.63, 3.8) is 0 Å². The van der Waals surface area contributed by atoms with Gasteiger partial charge in [0.1, 0.15) is 22.5 Å². The first kappa shape index (κ1) is 15.2. The number of carboxylic acids is 1. The maximum Gasteiger partial charge on any atom is 0.329 e. The van der Waals surface area contributed by atoms with Crippen molar-refractivity contribution >= 4 is 29.2 Å². The molecule has 1 saturated heterocycles. The average Bonchev–Trinajstić information content (AvgIpc) is 2.81. The van der Waals surface area contributed by atoms with Gasteiger partial charge in [0.05, 0.1) is 4.92 Å². The van der Waals surface area contributed by atoms with Gasteiger partial charge in [0, 0.05) is 6.54 Å². The number of nitro groups is 1. The van der Waals surface area contributed by atoms with Gasteiger partial charge in [0.25, 0.3) is 11.6 Å². The highest BCUT2D eigenvalue weighted by Crippen LogP contribution is 2.33. The average molecular weight is 314 g/mol. The largest absolute Gasteiger partial charge is 0.480 e. The predicted octanol–water partition coefficient (Wildman–Crippen LogP) is 1.72. The Morgan fingerprint density at radius 3 is 2.81 bits per heavy atom. The first-order valence-electron chi connectivity index (χ1n) is 6.12. The van der Waals surface area contributed by atoms with Crippen LogP contribution < -0.4 is 0 Å². The van der Waals surface area contributed by atoms with Crippen LogP contribution >= 0.6 is 11.6 Å². The van der Waals surface area contributed by atoms with E-state index in [1.807, 2.05) is 0 Å². The highest BCUT2D eigenvalue weighted by molar-refractivity contribution is 6.29. The van der Waals surface area contributed by atoms with Gasteiger partial charge in [0.15, 0.2) is 0 Å². The van der Waals surface area contributed by atoms with Crippen LogP contribution in [0, 0.1) is 10.1 Å². The molecule has 1 aromatic heterocycles. The van der Waals surface area contributed by atoms with Gasteiger partial charge in [-0.3, -0.25) is 14.9 Å². The van der Waals surface area contributed by atoms with Crippen molar-refractivity contribution in [3.8, 4) is 0 Å². The fourth-order valence-electron chi connectivity index (χ4n) is 2.40. The molecule has 0 spiro atoms. The lowest BCUT2D eigenvalue weighted by molar-refractivity contribution is -0.385. The summed E-state index contributed by atoms with van der Waals surface area (Å²) >= 11 is 5.69. The molecule has 2 rings (SSSR count). The summed E-state index contributed by atoms with van der Waals surface area (Å²) in [6.07, 6.45) is 1.70. The summed E-state index contributed by atoms with van der Waals surface area (Å²) in [5.41, 5.74) is -2.13. The number of halogens is 1. The first-order valence-corrected chi connectivity index (χ1v) is 6.50. The van der Waals surface area contributed by atoms with Gasteiger partial charge >= 0.3 is 5.97 Å². The van der Waals surface area contributed by atoms with Crippen molar-refractivity contribution in [2.45, 2.75) is 25.3 Å². The number of carboxylic acid groups (broad SMARTS) is 1. The zero-order valence-electron chi connectivity index (χ0n) is 11.1. The third-order valence-electron chi connectivity index (χ3n) is 3.62. The molecule has 8 nitrogen and oxygen atoms in total. The van der Waals surface area contributed by atoms with E-state index in [1.54, 1.807) is 0 Å². The highest BCUT2D eigenvalue weighted by atomic mass is 35.5. The van der Waals surface area contributed by atoms with Crippen molar-refractivity contribution < 1.29 is 19.6 Å². The lowest BCUT2D eigenvalue weighted by Crippen LogP contribution is -2.50. The molecule has 0 aliphatic carbocycles. The SMILES string of the molecule is CC1(C(=O)O)CCCN1C(=O)c1cc(Cl)ncc1[N+](=O)[O-]. The van der Waals surface area contributed by atoms with E-state index in [0.717, 1.165) is 17.2 Å². The van der Waals surface area contributed by atoms with E-state index in [-0.39, 0.29) is 17.3 Å². The third kappa shape index (κ3) is 2.54. The van der Waals surface area contributed by atoms with Crippen LogP contribution in [0.3, 0.4) is 0 Å². The Bertz CT molecular complexity index is 635. The van der Waals surface area contributed by atoms with Crippen molar-refractivity contribution in [2.75, 3.05) is 6.54 Å². The lowest BCUT2D eigenvalue weighted by Gasteiger charge is -2.31. The molecule has 2 heterocycles. The van der Waals surface area contributed by atoms with E-state index in [9.17, 15) is 24.8 Å². The number of aromatic nitrogens is 1. The van der Waals surface area contributed by atoms with E-state index < -0.39 is 28.0 Å². The monoisotopic (exact) mass is 313 g/mol. The van der Waals surface area contributed by atoms with Crippen molar-refractivity contribution in [1.82, 2.24) is 9.88 Å². The Balaban J connectivity index is 2.47. The van der Waals surface area contributed by atoms with E-state index in [2.05, 4.69) is 4.98 Å². The summed E-state index contributed by atoms with van der Waals surface area (Å²) in [5.74, 6) is -1.87. The van der Waals surface area contributed by atoms with Gasteiger partial charge < -0.3 is 10.0 Å². The summed E-state index contributed by atoms with van der Waals surface area (Å²) in [5, 5.41) is 20.2. The van der Waals surface area contributed by atoms with Crippen LogP contribution in [0.25, 0.3) is 0 Å². The molecule has 0 radical (unpaired) electrons. The molecule has 9 heteroatoms. The van der Waals surface area contributed by atoms with Crippen LogP contribution in [0.4, 0.5) is 5.69 Å². The van der Waals surface area contributed by atoms with E-state index >= 15 is 0 Å².